The molecule has 3 N–H and O–H groups in total. The lowest BCUT2D eigenvalue weighted by molar-refractivity contribution is 0.297. The van der Waals surface area contributed by atoms with Crippen molar-refractivity contribution >= 4 is 38.6 Å². The molecule has 0 atom stereocenters. The summed E-state index contributed by atoms with van der Waals surface area (Å²) in [5, 5.41) is 0. The molecule has 0 saturated heterocycles. The first kappa shape index (κ1) is 16.9. The molecule has 0 spiro atoms. The zero-order valence-electron chi connectivity index (χ0n) is 12.2. The van der Waals surface area contributed by atoms with Crippen molar-refractivity contribution < 1.29 is 8.42 Å². The third-order valence-electron chi connectivity index (χ3n) is 3.95. The van der Waals surface area contributed by atoms with Gasteiger partial charge in [-0.1, -0.05) is 32.0 Å². The fraction of sp³-hybridized carbons (Fsp3) is 0.643. The SMILES string of the molecule is CCCC1CCC(NS(=O)(=O)c2ccc(C(N)=S)s2)CC1. The third-order valence-corrected chi connectivity index (χ3v) is 7.43. The number of rotatable bonds is 6. The summed E-state index contributed by atoms with van der Waals surface area (Å²) >= 11 is 6.00. The Labute approximate surface area is 136 Å². The van der Waals surface area contributed by atoms with Crippen LogP contribution in [0.15, 0.2) is 16.3 Å². The average molecular weight is 347 g/mol. The number of nitrogens with one attached hydrogen (secondary N) is 1. The predicted octanol–water partition coefficient (Wildman–Crippen LogP) is 3.02. The molecule has 4 nitrogen and oxygen atoms in total. The average Bonchev–Trinajstić information content (AvgIpc) is 2.92. The van der Waals surface area contributed by atoms with Crippen LogP contribution in [0.3, 0.4) is 0 Å². The van der Waals surface area contributed by atoms with Crippen molar-refractivity contribution in [3.63, 3.8) is 0 Å². The summed E-state index contributed by atoms with van der Waals surface area (Å²) < 4.78 is 27.8. The van der Waals surface area contributed by atoms with E-state index in [0.29, 0.717) is 9.09 Å². The fourth-order valence-electron chi connectivity index (χ4n) is 2.85. The molecule has 0 radical (unpaired) electrons. The van der Waals surface area contributed by atoms with E-state index in [0.717, 1.165) is 42.9 Å². The molecule has 1 aliphatic carbocycles. The second kappa shape index (κ2) is 7.17. The van der Waals surface area contributed by atoms with Crippen LogP contribution in [-0.2, 0) is 10.0 Å². The van der Waals surface area contributed by atoms with E-state index in [2.05, 4.69) is 11.6 Å². The summed E-state index contributed by atoms with van der Waals surface area (Å²) in [5.41, 5.74) is 5.52. The summed E-state index contributed by atoms with van der Waals surface area (Å²) in [4.78, 5) is 0.874. The van der Waals surface area contributed by atoms with Crippen molar-refractivity contribution in [2.45, 2.75) is 55.7 Å². The van der Waals surface area contributed by atoms with E-state index in [1.165, 1.54) is 12.8 Å². The Hall–Kier alpha value is -0.500. The maximum absolute atomic E-state index is 12.4. The van der Waals surface area contributed by atoms with E-state index < -0.39 is 10.0 Å². The van der Waals surface area contributed by atoms with Crippen LogP contribution < -0.4 is 10.5 Å². The highest BCUT2D eigenvalue weighted by atomic mass is 32.2. The molecule has 0 aliphatic heterocycles. The van der Waals surface area contributed by atoms with Crippen LogP contribution >= 0.6 is 23.6 Å². The maximum atomic E-state index is 12.4. The molecule has 0 amide bonds. The van der Waals surface area contributed by atoms with Gasteiger partial charge in [0.1, 0.15) is 9.20 Å². The standard InChI is InChI=1S/C14H22N2O2S3/c1-2-3-10-4-6-11(7-5-10)16-21(17,18)13-9-8-12(20-13)14(15)19/h8-11,16H,2-7H2,1H3,(H2,15,19). The van der Waals surface area contributed by atoms with Crippen molar-refractivity contribution in [1.82, 2.24) is 4.72 Å². The summed E-state index contributed by atoms with van der Waals surface area (Å²) in [5.74, 6) is 0.763. The highest BCUT2D eigenvalue weighted by molar-refractivity contribution is 7.91. The Balaban J connectivity index is 1.96. The highest BCUT2D eigenvalue weighted by Crippen LogP contribution is 2.29. The smallest absolute Gasteiger partial charge is 0.250 e. The number of sulfonamides is 1. The first-order chi connectivity index (χ1) is 9.92. The predicted molar refractivity (Wildman–Crippen MR) is 91.2 cm³/mol. The minimum Gasteiger partial charge on any atom is -0.389 e. The van der Waals surface area contributed by atoms with Crippen LogP contribution in [0.5, 0.6) is 0 Å². The second-order valence-electron chi connectivity index (χ2n) is 5.61. The van der Waals surface area contributed by atoms with Crippen molar-refractivity contribution in [1.29, 1.82) is 0 Å². The summed E-state index contributed by atoms with van der Waals surface area (Å²) in [7, 11) is -3.45. The van der Waals surface area contributed by atoms with Crippen LogP contribution in [0.2, 0.25) is 0 Å². The van der Waals surface area contributed by atoms with Gasteiger partial charge < -0.3 is 5.73 Å². The number of hydrogen-bond acceptors (Lipinski definition) is 4. The lowest BCUT2D eigenvalue weighted by Gasteiger charge is -2.28. The van der Waals surface area contributed by atoms with Crippen molar-refractivity contribution in [2.75, 3.05) is 0 Å². The molecule has 2 rings (SSSR count). The Morgan fingerprint density at radius 1 is 1.38 bits per heavy atom. The third kappa shape index (κ3) is 4.48. The largest absolute Gasteiger partial charge is 0.389 e. The molecule has 1 saturated carbocycles. The van der Waals surface area contributed by atoms with Crippen LogP contribution in [0.1, 0.15) is 50.3 Å². The molecular formula is C14H22N2O2S3. The van der Waals surface area contributed by atoms with Crippen LogP contribution in [0, 0.1) is 5.92 Å². The van der Waals surface area contributed by atoms with Gasteiger partial charge in [0.05, 0.1) is 4.88 Å². The van der Waals surface area contributed by atoms with E-state index in [1.807, 2.05) is 0 Å². The first-order valence-corrected chi connectivity index (χ1v) is 10.0. The molecule has 0 unspecified atom stereocenters. The lowest BCUT2D eigenvalue weighted by atomic mass is 9.84. The highest BCUT2D eigenvalue weighted by Gasteiger charge is 2.26. The Bertz CT molecular complexity index is 587. The molecule has 1 aliphatic rings. The Morgan fingerprint density at radius 3 is 2.57 bits per heavy atom. The monoisotopic (exact) mass is 346 g/mol. The molecular weight excluding hydrogens is 324 g/mol. The quantitative estimate of drug-likeness (QED) is 0.777. The van der Waals surface area contributed by atoms with Gasteiger partial charge in [0.15, 0.2) is 0 Å². The maximum Gasteiger partial charge on any atom is 0.250 e. The minimum atomic E-state index is -3.45. The van der Waals surface area contributed by atoms with Gasteiger partial charge in [0, 0.05) is 6.04 Å². The van der Waals surface area contributed by atoms with Crippen molar-refractivity contribution in [2.24, 2.45) is 11.7 Å². The molecule has 1 aromatic rings. The summed E-state index contributed by atoms with van der Waals surface area (Å²) in [6, 6.07) is 3.29. The van der Waals surface area contributed by atoms with Gasteiger partial charge in [-0.05, 0) is 43.7 Å². The molecule has 118 valence electrons. The van der Waals surface area contributed by atoms with Gasteiger partial charge in [-0.15, -0.1) is 11.3 Å². The first-order valence-electron chi connectivity index (χ1n) is 7.34. The van der Waals surface area contributed by atoms with E-state index in [4.69, 9.17) is 18.0 Å². The molecule has 1 heterocycles. The fourth-order valence-corrected chi connectivity index (χ4v) is 5.52. The molecule has 7 heteroatoms. The minimum absolute atomic E-state index is 0.0542. The zero-order chi connectivity index (χ0) is 15.5. The van der Waals surface area contributed by atoms with Crippen LogP contribution in [0.4, 0.5) is 0 Å². The molecule has 0 bridgehead atoms. The molecule has 21 heavy (non-hydrogen) atoms. The van der Waals surface area contributed by atoms with Crippen molar-refractivity contribution in [3.05, 3.63) is 17.0 Å². The zero-order valence-corrected chi connectivity index (χ0v) is 14.6. The lowest BCUT2D eigenvalue weighted by Crippen LogP contribution is -2.37. The number of hydrogen-bond donors (Lipinski definition) is 2. The second-order valence-corrected chi connectivity index (χ2v) is 9.07. The normalized spacial score (nSPS) is 23.1. The van der Waals surface area contributed by atoms with E-state index in [9.17, 15) is 8.42 Å². The molecule has 1 aromatic heterocycles. The van der Waals surface area contributed by atoms with E-state index in [1.54, 1.807) is 12.1 Å². The van der Waals surface area contributed by atoms with Gasteiger partial charge in [-0.3, -0.25) is 0 Å². The van der Waals surface area contributed by atoms with E-state index in [-0.39, 0.29) is 11.0 Å². The summed E-state index contributed by atoms with van der Waals surface area (Å²) in [6.45, 7) is 2.20. The number of nitrogens with two attached hydrogens (primary N) is 1. The van der Waals surface area contributed by atoms with Gasteiger partial charge in [0.2, 0.25) is 10.0 Å². The van der Waals surface area contributed by atoms with Crippen molar-refractivity contribution in [3.8, 4) is 0 Å². The number of thiophene rings is 1. The topological polar surface area (TPSA) is 72.2 Å². The number of thiocarbonyl (C=S) groups is 1. The Morgan fingerprint density at radius 2 is 2.05 bits per heavy atom. The molecule has 1 fully saturated rings. The van der Waals surface area contributed by atoms with E-state index >= 15 is 0 Å². The van der Waals surface area contributed by atoms with Crippen LogP contribution in [0.25, 0.3) is 0 Å². The summed E-state index contributed by atoms with van der Waals surface area (Å²) in [6.07, 6.45) is 6.54. The van der Waals surface area contributed by atoms with Gasteiger partial charge in [-0.25, -0.2) is 13.1 Å². The van der Waals surface area contributed by atoms with Gasteiger partial charge in [0.25, 0.3) is 0 Å². The van der Waals surface area contributed by atoms with Gasteiger partial charge in [-0.2, -0.15) is 0 Å². The Kier molecular flexibility index (Phi) is 5.76. The van der Waals surface area contributed by atoms with Gasteiger partial charge >= 0.3 is 0 Å². The molecule has 0 aromatic carbocycles. The van der Waals surface area contributed by atoms with Crippen LogP contribution in [-0.4, -0.2) is 19.4 Å².